The van der Waals surface area contributed by atoms with Crippen LogP contribution in [0.1, 0.15) is 50.7 Å². The molecule has 1 N–H and O–H groups in total. The third-order valence-corrected chi connectivity index (χ3v) is 3.99. The second-order valence-corrected chi connectivity index (χ2v) is 6.07. The second-order valence-electron chi connectivity index (χ2n) is 6.07. The highest BCUT2D eigenvalue weighted by Gasteiger charge is 2.37. The van der Waals surface area contributed by atoms with Gasteiger partial charge in [0.15, 0.2) is 0 Å². The molecule has 0 aromatic heterocycles. The molecular weight excluding hydrogens is 196 g/mol. The minimum Gasteiger partial charge on any atom is -0.385 e. The highest BCUT2D eigenvalue weighted by Crippen LogP contribution is 2.45. The maximum Gasteiger partial charge on any atom is 0.0897 e. The van der Waals surface area contributed by atoms with Crippen molar-refractivity contribution in [3.8, 4) is 0 Å². The molecular formula is C15H22O. The van der Waals surface area contributed by atoms with E-state index in [0.717, 1.165) is 31.2 Å². The summed E-state index contributed by atoms with van der Waals surface area (Å²) in [5, 5.41) is 10.7. The Morgan fingerprint density at radius 1 is 1.06 bits per heavy atom. The molecule has 1 saturated carbocycles. The molecule has 1 fully saturated rings. The molecule has 0 atom stereocenters. The van der Waals surface area contributed by atoms with Crippen LogP contribution in [0.5, 0.6) is 0 Å². The summed E-state index contributed by atoms with van der Waals surface area (Å²) in [5.41, 5.74) is 2.15. The molecule has 0 amide bonds. The van der Waals surface area contributed by atoms with Gasteiger partial charge in [-0.3, -0.25) is 0 Å². The predicted molar refractivity (Wildman–Crippen MR) is 67.3 cm³/mol. The van der Waals surface area contributed by atoms with Gasteiger partial charge >= 0.3 is 0 Å². The van der Waals surface area contributed by atoms with Crippen LogP contribution in [0.25, 0.3) is 0 Å². The monoisotopic (exact) mass is 218 g/mol. The van der Waals surface area contributed by atoms with Gasteiger partial charge in [0.1, 0.15) is 0 Å². The van der Waals surface area contributed by atoms with E-state index in [1.165, 1.54) is 5.56 Å². The Morgan fingerprint density at radius 2 is 1.69 bits per heavy atom. The third-order valence-electron chi connectivity index (χ3n) is 3.99. The Hall–Kier alpha value is -0.820. The third kappa shape index (κ3) is 2.30. The Balaban J connectivity index is 2.21. The van der Waals surface area contributed by atoms with Crippen molar-refractivity contribution in [2.45, 2.75) is 52.1 Å². The van der Waals surface area contributed by atoms with Crippen molar-refractivity contribution in [1.82, 2.24) is 0 Å². The van der Waals surface area contributed by atoms with Crippen LogP contribution in [-0.2, 0) is 5.60 Å². The van der Waals surface area contributed by atoms with E-state index < -0.39 is 5.60 Å². The van der Waals surface area contributed by atoms with E-state index in [2.05, 4.69) is 39.0 Å². The molecule has 88 valence electrons. The summed E-state index contributed by atoms with van der Waals surface area (Å²) in [6, 6.07) is 8.31. The van der Waals surface area contributed by atoms with Gasteiger partial charge in [0.2, 0.25) is 0 Å². The van der Waals surface area contributed by atoms with Crippen molar-refractivity contribution in [2.75, 3.05) is 0 Å². The second kappa shape index (κ2) is 3.89. The van der Waals surface area contributed by atoms with Crippen LogP contribution in [0.3, 0.4) is 0 Å². The fourth-order valence-corrected chi connectivity index (χ4v) is 2.56. The average Bonchev–Trinajstić information content (AvgIpc) is 2.23. The standard InChI is InChI=1S/C15H22O/c1-12-5-4-6-13(11-12)15(16)9-7-14(2,3)8-10-15/h4-6,11,16H,7-10H2,1-3H3. The molecule has 2 rings (SSSR count). The van der Waals surface area contributed by atoms with Gasteiger partial charge < -0.3 is 5.11 Å². The summed E-state index contributed by atoms with van der Waals surface area (Å²) in [6.07, 6.45) is 4.00. The number of aliphatic hydroxyl groups is 1. The number of rotatable bonds is 1. The van der Waals surface area contributed by atoms with Gasteiger partial charge in [-0.2, -0.15) is 0 Å². The van der Waals surface area contributed by atoms with Crippen LogP contribution in [0.15, 0.2) is 24.3 Å². The molecule has 0 saturated heterocycles. The molecule has 1 nitrogen and oxygen atoms in total. The lowest BCUT2D eigenvalue weighted by atomic mass is 9.69. The van der Waals surface area contributed by atoms with E-state index in [1.54, 1.807) is 0 Å². The van der Waals surface area contributed by atoms with Crippen molar-refractivity contribution in [3.05, 3.63) is 35.4 Å². The molecule has 1 aromatic rings. The first-order valence-corrected chi connectivity index (χ1v) is 6.21. The van der Waals surface area contributed by atoms with Crippen LogP contribution < -0.4 is 0 Å². The Labute approximate surface area is 98.5 Å². The van der Waals surface area contributed by atoms with Crippen LogP contribution in [0.2, 0.25) is 0 Å². The lowest BCUT2D eigenvalue weighted by Gasteiger charge is -2.40. The van der Waals surface area contributed by atoms with Gasteiger partial charge in [0.25, 0.3) is 0 Å². The SMILES string of the molecule is Cc1cccc(C2(O)CCC(C)(C)CC2)c1. The highest BCUT2D eigenvalue weighted by atomic mass is 16.3. The van der Waals surface area contributed by atoms with E-state index in [1.807, 2.05) is 6.07 Å². The average molecular weight is 218 g/mol. The summed E-state index contributed by atoms with van der Waals surface area (Å²) < 4.78 is 0. The molecule has 1 aromatic carbocycles. The molecule has 0 radical (unpaired) electrons. The fourth-order valence-electron chi connectivity index (χ4n) is 2.56. The van der Waals surface area contributed by atoms with Crippen LogP contribution in [0, 0.1) is 12.3 Å². The zero-order valence-corrected chi connectivity index (χ0v) is 10.6. The minimum atomic E-state index is -0.582. The normalized spacial score (nSPS) is 23.0. The molecule has 0 spiro atoms. The van der Waals surface area contributed by atoms with Gasteiger partial charge in [-0.05, 0) is 43.6 Å². The molecule has 1 heteroatoms. The number of hydrogen-bond acceptors (Lipinski definition) is 1. The first kappa shape index (κ1) is 11.7. The molecule has 0 aliphatic heterocycles. The number of hydrogen-bond donors (Lipinski definition) is 1. The lowest BCUT2D eigenvalue weighted by Crippen LogP contribution is -2.34. The zero-order valence-electron chi connectivity index (χ0n) is 10.6. The molecule has 16 heavy (non-hydrogen) atoms. The molecule has 1 aliphatic carbocycles. The van der Waals surface area contributed by atoms with Gasteiger partial charge in [-0.25, -0.2) is 0 Å². The highest BCUT2D eigenvalue weighted by molar-refractivity contribution is 5.28. The summed E-state index contributed by atoms with van der Waals surface area (Å²) >= 11 is 0. The first-order chi connectivity index (χ1) is 7.41. The fraction of sp³-hybridized carbons (Fsp3) is 0.600. The van der Waals surface area contributed by atoms with Gasteiger partial charge in [-0.1, -0.05) is 43.7 Å². The summed E-state index contributed by atoms with van der Waals surface area (Å²) in [5.74, 6) is 0. The first-order valence-electron chi connectivity index (χ1n) is 6.21. The van der Waals surface area contributed by atoms with Crippen molar-refractivity contribution in [3.63, 3.8) is 0 Å². The lowest BCUT2D eigenvalue weighted by molar-refractivity contribution is -0.0306. The Morgan fingerprint density at radius 3 is 2.25 bits per heavy atom. The minimum absolute atomic E-state index is 0.399. The number of aryl methyl sites for hydroxylation is 1. The van der Waals surface area contributed by atoms with E-state index >= 15 is 0 Å². The summed E-state index contributed by atoms with van der Waals surface area (Å²) in [4.78, 5) is 0. The van der Waals surface area contributed by atoms with Crippen LogP contribution >= 0.6 is 0 Å². The van der Waals surface area contributed by atoms with Crippen LogP contribution in [-0.4, -0.2) is 5.11 Å². The van der Waals surface area contributed by atoms with E-state index in [-0.39, 0.29) is 0 Å². The van der Waals surface area contributed by atoms with E-state index in [0.29, 0.717) is 5.41 Å². The molecule has 0 bridgehead atoms. The molecule has 0 heterocycles. The van der Waals surface area contributed by atoms with Crippen molar-refractivity contribution >= 4 is 0 Å². The van der Waals surface area contributed by atoms with Crippen molar-refractivity contribution in [1.29, 1.82) is 0 Å². The molecule has 0 unspecified atom stereocenters. The van der Waals surface area contributed by atoms with Crippen LogP contribution in [0.4, 0.5) is 0 Å². The van der Waals surface area contributed by atoms with Gasteiger partial charge in [-0.15, -0.1) is 0 Å². The molecule has 1 aliphatic rings. The maximum absolute atomic E-state index is 10.7. The predicted octanol–water partition coefficient (Wildman–Crippen LogP) is 3.78. The van der Waals surface area contributed by atoms with Gasteiger partial charge in [0.05, 0.1) is 5.60 Å². The van der Waals surface area contributed by atoms with Gasteiger partial charge in [0, 0.05) is 0 Å². The summed E-state index contributed by atoms with van der Waals surface area (Å²) in [7, 11) is 0. The smallest absolute Gasteiger partial charge is 0.0897 e. The topological polar surface area (TPSA) is 20.2 Å². The quantitative estimate of drug-likeness (QED) is 0.760. The van der Waals surface area contributed by atoms with Crippen molar-refractivity contribution in [2.24, 2.45) is 5.41 Å². The largest absolute Gasteiger partial charge is 0.385 e. The van der Waals surface area contributed by atoms with E-state index in [4.69, 9.17) is 0 Å². The zero-order chi connectivity index (χ0) is 11.8. The number of benzene rings is 1. The summed E-state index contributed by atoms with van der Waals surface area (Å²) in [6.45, 7) is 6.67. The Bertz CT molecular complexity index is 369. The maximum atomic E-state index is 10.7. The van der Waals surface area contributed by atoms with E-state index in [9.17, 15) is 5.11 Å². The van der Waals surface area contributed by atoms with Crippen molar-refractivity contribution < 1.29 is 5.11 Å². The Kier molecular flexibility index (Phi) is 2.83.